The molecule has 0 atom stereocenters. The number of nitrogens with one attached hydrogen (secondary N) is 3. The Bertz CT molecular complexity index is 857. The minimum absolute atomic E-state index is 0. The molecule has 2 rings (SSSR count). The third-order valence-electron chi connectivity index (χ3n) is 4.16. The minimum atomic E-state index is -0.526. The van der Waals surface area contributed by atoms with E-state index in [1.165, 1.54) is 5.56 Å². The van der Waals surface area contributed by atoms with E-state index in [1.807, 2.05) is 46.9 Å². The third kappa shape index (κ3) is 8.73. The maximum atomic E-state index is 12.0. The number of amides is 1. The minimum Gasteiger partial charge on any atom is -0.444 e. The topological polar surface area (TPSA) is 87.6 Å². The Labute approximate surface area is 196 Å². The van der Waals surface area contributed by atoms with Crippen LogP contribution in [0.3, 0.4) is 0 Å². The molecule has 0 fully saturated rings. The zero-order valence-electron chi connectivity index (χ0n) is 18.7. The van der Waals surface area contributed by atoms with Crippen molar-refractivity contribution in [3.63, 3.8) is 0 Å². The molecule has 0 bridgehead atoms. The first-order valence-corrected chi connectivity index (χ1v) is 9.88. The molecule has 0 aliphatic rings. The second kappa shape index (κ2) is 11.3. The lowest BCUT2D eigenvalue weighted by Crippen LogP contribution is -2.54. The van der Waals surface area contributed by atoms with Gasteiger partial charge in [-0.2, -0.15) is 0 Å². The first kappa shape index (κ1) is 25.9. The molecule has 1 aromatic heterocycles. The molecule has 1 aromatic carbocycles. The van der Waals surface area contributed by atoms with Crippen LogP contribution in [0.4, 0.5) is 4.79 Å². The van der Waals surface area contributed by atoms with E-state index in [0.29, 0.717) is 12.5 Å². The maximum Gasteiger partial charge on any atom is 0.408 e. The number of rotatable bonds is 6. The van der Waals surface area contributed by atoms with Crippen molar-refractivity contribution in [1.29, 1.82) is 0 Å². The van der Waals surface area contributed by atoms with E-state index in [4.69, 9.17) is 4.74 Å². The van der Waals surface area contributed by atoms with E-state index in [2.05, 4.69) is 50.2 Å². The van der Waals surface area contributed by atoms with Crippen molar-refractivity contribution < 1.29 is 9.53 Å². The van der Waals surface area contributed by atoms with Crippen LogP contribution in [0.5, 0.6) is 0 Å². The van der Waals surface area contributed by atoms with Crippen LogP contribution >= 0.6 is 24.0 Å². The monoisotopic (exact) mass is 527 g/mol. The summed E-state index contributed by atoms with van der Waals surface area (Å²) >= 11 is 0. The van der Waals surface area contributed by atoms with Crippen LogP contribution in [0, 0.1) is 0 Å². The van der Waals surface area contributed by atoms with Gasteiger partial charge in [0.05, 0.1) is 11.1 Å². The van der Waals surface area contributed by atoms with E-state index in [9.17, 15) is 4.79 Å². The number of pyridine rings is 1. The van der Waals surface area contributed by atoms with Gasteiger partial charge in [-0.1, -0.05) is 24.3 Å². The highest BCUT2D eigenvalue weighted by atomic mass is 127. The van der Waals surface area contributed by atoms with Crippen LogP contribution in [0.15, 0.2) is 41.5 Å². The lowest BCUT2D eigenvalue weighted by atomic mass is 10.1. The Morgan fingerprint density at radius 3 is 2.47 bits per heavy atom. The summed E-state index contributed by atoms with van der Waals surface area (Å²) in [7, 11) is 1.73. The van der Waals surface area contributed by atoms with Gasteiger partial charge in [0.25, 0.3) is 0 Å². The second-order valence-corrected chi connectivity index (χ2v) is 8.61. The van der Waals surface area contributed by atoms with Crippen molar-refractivity contribution in [2.75, 3.05) is 20.1 Å². The Kier molecular flexibility index (Phi) is 9.80. The molecular formula is C22H34IN5O2. The van der Waals surface area contributed by atoms with E-state index < -0.39 is 17.2 Å². The van der Waals surface area contributed by atoms with Gasteiger partial charge in [0.15, 0.2) is 5.96 Å². The number of ether oxygens (including phenoxy) is 1. The zero-order chi connectivity index (χ0) is 21.5. The first-order valence-electron chi connectivity index (χ1n) is 9.88. The number of nitrogens with zero attached hydrogens (tertiary/aromatic N) is 2. The van der Waals surface area contributed by atoms with E-state index in [0.717, 1.165) is 23.9 Å². The number of hydrogen-bond donors (Lipinski definition) is 3. The molecule has 7 nitrogen and oxygen atoms in total. The molecule has 166 valence electrons. The van der Waals surface area contributed by atoms with Gasteiger partial charge in [0, 0.05) is 31.7 Å². The number of fused-ring (bicyclic) bond motifs is 1. The number of alkyl carbamates (subject to hydrolysis) is 1. The molecule has 0 saturated carbocycles. The lowest BCUT2D eigenvalue weighted by molar-refractivity contribution is 0.0474. The quantitative estimate of drug-likeness (QED) is 0.302. The summed E-state index contributed by atoms with van der Waals surface area (Å²) in [5.41, 5.74) is 1.20. The maximum absolute atomic E-state index is 12.0. The fraction of sp³-hybridized carbons (Fsp3) is 0.500. The number of carbonyl (C=O) groups excluding carboxylic acids is 1. The molecule has 0 spiro atoms. The van der Waals surface area contributed by atoms with Crippen LogP contribution in [-0.4, -0.2) is 48.3 Å². The Hall–Kier alpha value is -2.10. The average molecular weight is 527 g/mol. The van der Waals surface area contributed by atoms with Crippen molar-refractivity contribution in [3.05, 3.63) is 42.1 Å². The van der Waals surface area contributed by atoms with Gasteiger partial charge >= 0.3 is 6.09 Å². The number of halogens is 1. The van der Waals surface area contributed by atoms with Crippen molar-refractivity contribution in [1.82, 2.24) is 20.9 Å². The Balaban J connectivity index is 0.00000450. The SMILES string of the molecule is CN=C(NCCc1cccc2cccnc12)NCC(C)(C)NC(=O)OC(C)(C)C.I. The standard InChI is InChI=1S/C22H33N5O2.HI/c1-21(2,3)29-20(28)27-22(4,5)15-26-19(23-6)25-14-12-17-10-7-9-16-11-8-13-24-18(16)17;/h7-11,13H,12,14-15H2,1-6H3,(H,27,28)(H2,23,25,26);1H. The fourth-order valence-corrected chi connectivity index (χ4v) is 2.83. The summed E-state index contributed by atoms with van der Waals surface area (Å²) in [6.45, 7) is 10.6. The van der Waals surface area contributed by atoms with Crippen molar-refractivity contribution >= 4 is 46.9 Å². The molecule has 0 aliphatic carbocycles. The highest BCUT2D eigenvalue weighted by molar-refractivity contribution is 14.0. The van der Waals surface area contributed by atoms with Gasteiger partial charge < -0.3 is 20.7 Å². The van der Waals surface area contributed by atoms with Gasteiger partial charge in [-0.3, -0.25) is 9.98 Å². The first-order chi connectivity index (χ1) is 13.6. The molecular weight excluding hydrogens is 493 g/mol. The number of aliphatic imine (C=N–C) groups is 1. The smallest absolute Gasteiger partial charge is 0.408 e. The summed E-state index contributed by atoms with van der Waals surface area (Å²) in [4.78, 5) is 20.8. The van der Waals surface area contributed by atoms with Crippen LogP contribution in [0.25, 0.3) is 10.9 Å². The number of carbonyl (C=O) groups is 1. The van der Waals surface area contributed by atoms with E-state index in [1.54, 1.807) is 7.05 Å². The lowest BCUT2D eigenvalue weighted by Gasteiger charge is -2.29. The largest absolute Gasteiger partial charge is 0.444 e. The third-order valence-corrected chi connectivity index (χ3v) is 4.16. The predicted molar refractivity (Wildman–Crippen MR) is 134 cm³/mol. The van der Waals surface area contributed by atoms with Gasteiger partial charge in [-0.05, 0) is 52.7 Å². The normalized spacial score (nSPS) is 12.1. The predicted octanol–water partition coefficient (Wildman–Crippen LogP) is 3.86. The van der Waals surface area contributed by atoms with Crippen LogP contribution in [0.1, 0.15) is 40.2 Å². The van der Waals surface area contributed by atoms with Crippen LogP contribution < -0.4 is 16.0 Å². The van der Waals surface area contributed by atoms with Gasteiger partial charge in [-0.15, -0.1) is 24.0 Å². The molecule has 2 aromatic rings. The molecule has 8 heteroatoms. The molecule has 0 radical (unpaired) electrons. The number of guanidine groups is 1. The summed E-state index contributed by atoms with van der Waals surface area (Å²) in [5, 5.41) is 10.6. The summed E-state index contributed by atoms with van der Waals surface area (Å²) in [5.74, 6) is 0.678. The van der Waals surface area contributed by atoms with E-state index in [-0.39, 0.29) is 24.0 Å². The molecule has 30 heavy (non-hydrogen) atoms. The highest BCUT2D eigenvalue weighted by Crippen LogP contribution is 2.16. The Morgan fingerprint density at radius 1 is 1.10 bits per heavy atom. The zero-order valence-corrected chi connectivity index (χ0v) is 21.0. The van der Waals surface area contributed by atoms with Crippen LogP contribution in [-0.2, 0) is 11.2 Å². The molecule has 1 heterocycles. The van der Waals surface area contributed by atoms with Crippen molar-refractivity contribution in [2.45, 2.75) is 52.2 Å². The molecule has 0 unspecified atom stereocenters. The van der Waals surface area contributed by atoms with Crippen molar-refractivity contribution in [2.24, 2.45) is 4.99 Å². The van der Waals surface area contributed by atoms with Gasteiger partial charge in [0.1, 0.15) is 5.60 Å². The molecule has 3 N–H and O–H groups in total. The average Bonchev–Trinajstić information content (AvgIpc) is 2.62. The van der Waals surface area contributed by atoms with Crippen molar-refractivity contribution in [3.8, 4) is 0 Å². The van der Waals surface area contributed by atoms with Crippen LogP contribution in [0.2, 0.25) is 0 Å². The second-order valence-electron chi connectivity index (χ2n) is 8.61. The Morgan fingerprint density at radius 2 is 1.80 bits per heavy atom. The number of para-hydroxylation sites is 1. The molecule has 0 aliphatic heterocycles. The summed E-state index contributed by atoms with van der Waals surface area (Å²) in [6.07, 6.45) is 2.21. The molecule has 1 amide bonds. The summed E-state index contributed by atoms with van der Waals surface area (Å²) < 4.78 is 5.33. The number of benzene rings is 1. The fourth-order valence-electron chi connectivity index (χ4n) is 2.83. The summed E-state index contributed by atoms with van der Waals surface area (Å²) in [6, 6.07) is 10.2. The molecule has 0 saturated heterocycles. The highest BCUT2D eigenvalue weighted by Gasteiger charge is 2.24. The van der Waals surface area contributed by atoms with Gasteiger partial charge in [-0.25, -0.2) is 4.79 Å². The number of hydrogen-bond acceptors (Lipinski definition) is 4. The number of aromatic nitrogens is 1. The van der Waals surface area contributed by atoms with Gasteiger partial charge in [0.2, 0.25) is 0 Å². The van der Waals surface area contributed by atoms with E-state index >= 15 is 0 Å².